The standard InChI is InChI=1S/C19H21N3O2/c1-15(22-14-20-17-9-5-6-10-18(17)22)19(24)21(11-12-23)13-16-7-3-2-4-8-16/h2-10,14-15,23H,11-13H2,1H3. The number of hydrogen-bond acceptors (Lipinski definition) is 3. The molecule has 0 saturated heterocycles. The van der Waals surface area contributed by atoms with Crippen molar-refractivity contribution in [2.75, 3.05) is 13.2 Å². The monoisotopic (exact) mass is 323 g/mol. The molecule has 124 valence electrons. The Morgan fingerprint density at radius 2 is 1.88 bits per heavy atom. The van der Waals surface area contributed by atoms with E-state index >= 15 is 0 Å². The average molecular weight is 323 g/mol. The molecule has 1 amide bonds. The molecule has 3 aromatic rings. The number of imidazole rings is 1. The summed E-state index contributed by atoms with van der Waals surface area (Å²) in [5, 5.41) is 9.33. The number of hydrogen-bond donors (Lipinski definition) is 1. The molecule has 0 saturated carbocycles. The summed E-state index contributed by atoms with van der Waals surface area (Å²) in [5.74, 6) is -0.0314. The Kier molecular flexibility index (Phi) is 4.91. The van der Waals surface area contributed by atoms with E-state index in [0.29, 0.717) is 13.1 Å². The summed E-state index contributed by atoms with van der Waals surface area (Å²) in [5.41, 5.74) is 2.85. The third-order valence-electron chi connectivity index (χ3n) is 4.15. The third-order valence-corrected chi connectivity index (χ3v) is 4.15. The fraction of sp³-hybridized carbons (Fsp3) is 0.263. The first-order valence-corrected chi connectivity index (χ1v) is 8.06. The van der Waals surface area contributed by atoms with Crippen LogP contribution in [0.2, 0.25) is 0 Å². The summed E-state index contributed by atoms with van der Waals surface area (Å²) in [4.78, 5) is 19.0. The van der Waals surface area contributed by atoms with Gasteiger partial charge in [-0.3, -0.25) is 4.79 Å². The third kappa shape index (κ3) is 3.31. The van der Waals surface area contributed by atoms with Crippen LogP contribution < -0.4 is 0 Å². The average Bonchev–Trinajstić information content (AvgIpc) is 3.05. The number of benzene rings is 2. The van der Waals surface area contributed by atoms with Crippen LogP contribution in [0.15, 0.2) is 60.9 Å². The molecule has 0 aliphatic rings. The molecule has 0 aliphatic heterocycles. The number of carbonyl (C=O) groups excluding carboxylic acids is 1. The Balaban J connectivity index is 1.83. The van der Waals surface area contributed by atoms with Gasteiger partial charge in [-0.05, 0) is 24.6 Å². The van der Waals surface area contributed by atoms with Gasteiger partial charge in [-0.1, -0.05) is 42.5 Å². The van der Waals surface area contributed by atoms with Crippen LogP contribution >= 0.6 is 0 Å². The minimum Gasteiger partial charge on any atom is -0.395 e. The molecule has 2 aromatic carbocycles. The zero-order valence-corrected chi connectivity index (χ0v) is 13.7. The van der Waals surface area contributed by atoms with Gasteiger partial charge in [0, 0.05) is 13.1 Å². The van der Waals surface area contributed by atoms with E-state index in [1.165, 1.54) is 0 Å². The largest absolute Gasteiger partial charge is 0.395 e. The summed E-state index contributed by atoms with van der Waals surface area (Å²) >= 11 is 0. The summed E-state index contributed by atoms with van der Waals surface area (Å²) < 4.78 is 1.88. The normalized spacial score (nSPS) is 12.2. The number of aliphatic hydroxyl groups excluding tert-OH is 1. The minimum absolute atomic E-state index is 0.0314. The van der Waals surface area contributed by atoms with E-state index in [0.717, 1.165) is 16.6 Å². The van der Waals surface area contributed by atoms with Crippen molar-refractivity contribution in [3.8, 4) is 0 Å². The molecule has 5 heteroatoms. The van der Waals surface area contributed by atoms with Crippen LogP contribution in [0, 0.1) is 0 Å². The molecular weight excluding hydrogens is 302 g/mol. The Bertz CT molecular complexity index is 814. The van der Waals surface area contributed by atoms with E-state index in [1.54, 1.807) is 11.2 Å². The molecule has 1 heterocycles. The number of carbonyl (C=O) groups is 1. The van der Waals surface area contributed by atoms with Crippen LogP contribution in [0.1, 0.15) is 18.5 Å². The zero-order chi connectivity index (χ0) is 16.9. The molecule has 3 rings (SSSR count). The van der Waals surface area contributed by atoms with Crippen molar-refractivity contribution in [2.24, 2.45) is 0 Å². The fourth-order valence-corrected chi connectivity index (χ4v) is 2.86. The summed E-state index contributed by atoms with van der Waals surface area (Å²) in [6.07, 6.45) is 1.70. The maximum Gasteiger partial charge on any atom is 0.245 e. The molecule has 24 heavy (non-hydrogen) atoms. The van der Waals surface area contributed by atoms with E-state index in [1.807, 2.05) is 66.1 Å². The van der Waals surface area contributed by atoms with Gasteiger partial charge in [-0.25, -0.2) is 4.98 Å². The van der Waals surface area contributed by atoms with Gasteiger partial charge in [0.1, 0.15) is 6.04 Å². The van der Waals surface area contributed by atoms with E-state index in [4.69, 9.17) is 0 Å². The second kappa shape index (κ2) is 7.27. The van der Waals surface area contributed by atoms with E-state index in [2.05, 4.69) is 4.98 Å². The van der Waals surface area contributed by atoms with Crippen molar-refractivity contribution >= 4 is 16.9 Å². The second-order valence-corrected chi connectivity index (χ2v) is 5.79. The summed E-state index contributed by atoms with van der Waals surface area (Å²) in [7, 11) is 0. The maximum atomic E-state index is 12.9. The predicted octanol–water partition coefficient (Wildman–Crippen LogP) is 2.62. The van der Waals surface area contributed by atoms with Crippen LogP contribution in [0.3, 0.4) is 0 Å². The first kappa shape index (κ1) is 16.2. The Morgan fingerprint density at radius 1 is 1.17 bits per heavy atom. The van der Waals surface area contributed by atoms with Crippen LogP contribution in [-0.2, 0) is 11.3 Å². The molecule has 1 N–H and O–H groups in total. The molecule has 0 fully saturated rings. The molecule has 1 aromatic heterocycles. The van der Waals surface area contributed by atoms with Gasteiger partial charge in [0.05, 0.1) is 24.0 Å². The minimum atomic E-state index is -0.382. The molecule has 0 spiro atoms. The first-order chi connectivity index (χ1) is 11.7. The lowest BCUT2D eigenvalue weighted by Gasteiger charge is -2.26. The van der Waals surface area contributed by atoms with Crippen LogP contribution in [0.4, 0.5) is 0 Å². The number of nitrogens with zero attached hydrogens (tertiary/aromatic N) is 3. The van der Waals surface area contributed by atoms with Crippen molar-refractivity contribution in [3.63, 3.8) is 0 Å². The molecular formula is C19H21N3O2. The zero-order valence-electron chi connectivity index (χ0n) is 13.7. The van der Waals surface area contributed by atoms with Gasteiger partial charge < -0.3 is 14.6 Å². The lowest BCUT2D eigenvalue weighted by molar-refractivity contribution is -0.135. The number of fused-ring (bicyclic) bond motifs is 1. The van der Waals surface area contributed by atoms with Crippen molar-refractivity contribution in [2.45, 2.75) is 19.5 Å². The van der Waals surface area contributed by atoms with E-state index in [9.17, 15) is 9.90 Å². The summed E-state index contributed by atoms with van der Waals surface area (Å²) in [6, 6.07) is 17.2. The van der Waals surface area contributed by atoms with Crippen molar-refractivity contribution in [1.82, 2.24) is 14.5 Å². The molecule has 1 atom stereocenters. The van der Waals surface area contributed by atoms with Crippen molar-refractivity contribution in [3.05, 3.63) is 66.5 Å². The molecule has 0 aliphatic carbocycles. The molecule has 1 unspecified atom stereocenters. The predicted molar refractivity (Wildman–Crippen MR) is 93.4 cm³/mol. The number of rotatable bonds is 6. The van der Waals surface area contributed by atoms with Gasteiger partial charge in [0.15, 0.2) is 0 Å². The van der Waals surface area contributed by atoms with Gasteiger partial charge in [0.25, 0.3) is 0 Å². The second-order valence-electron chi connectivity index (χ2n) is 5.79. The number of aromatic nitrogens is 2. The van der Waals surface area contributed by atoms with Gasteiger partial charge in [0.2, 0.25) is 5.91 Å². The Hall–Kier alpha value is -2.66. The highest BCUT2D eigenvalue weighted by molar-refractivity contribution is 5.83. The SMILES string of the molecule is CC(C(=O)N(CCO)Cc1ccccc1)n1cnc2ccccc21. The maximum absolute atomic E-state index is 12.9. The lowest BCUT2D eigenvalue weighted by atomic mass is 10.2. The van der Waals surface area contributed by atoms with Crippen LogP contribution in [0.25, 0.3) is 11.0 Å². The number of amides is 1. The highest BCUT2D eigenvalue weighted by Crippen LogP contribution is 2.20. The quantitative estimate of drug-likeness (QED) is 0.758. The number of aliphatic hydroxyl groups is 1. The van der Waals surface area contributed by atoms with Gasteiger partial charge in [-0.2, -0.15) is 0 Å². The highest BCUT2D eigenvalue weighted by Gasteiger charge is 2.23. The Morgan fingerprint density at radius 3 is 2.62 bits per heavy atom. The Labute approximate surface area is 141 Å². The van der Waals surface area contributed by atoms with E-state index in [-0.39, 0.29) is 18.6 Å². The topological polar surface area (TPSA) is 58.4 Å². The van der Waals surface area contributed by atoms with Crippen molar-refractivity contribution in [1.29, 1.82) is 0 Å². The van der Waals surface area contributed by atoms with Gasteiger partial charge >= 0.3 is 0 Å². The highest BCUT2D eigenvalue weighted by atomic mass is 16.3. The molecule has 0 radical (unpaired) electrons. The van der Waals surface area contributed by atoms with Gasteiger partial charge in [-0.15, -0.1) is 0 Å². The molecule has 0 bridgehead atoms. The van der Waals surface area contributed by atoms with Crippen LogP contribution in [0.5, 0.6) is 0 Å². The fourth-order valence-electron chi connectivity index (χ4n) is 2.86. The lowest BCUT2D eigenvalue weighted by Crippen LogP contribution is -2.37. The first-order valence-electron chi connectivity index (χ1n) is 8.06. The van der Waals surface area contributed by atoms with Crippen molar-refractivity contribution < 1.29 is 9.90 Å². The van der Waals surface area contributed by atoms with E-state index < -0.39 is 0 Å². The smallest absolute Gasteiger partial charge is 0.245 e. The van der Waals surface area contributed by atoms with Crippen LogP contribution in [-0.4, -0.2) is 38.6 Å². The summed E-state index contributed by atoms with van der Waals surface area (Å²) in [6.45, 7) is 2.60. The number of para-hydroxylation sites is 2. The molecule has 5 nitrogen and oxygen atoms in total.